The Morgan fingerprint density at radius 2 is 1.57 bits per heavy atom. The molecule has 2 rings (SSSR count). The highest BCUT2D eigenvalue weighted by atomic mass is 19.4. The van der Waals surface area contributed by atoms with Crippen molar-refractivity contribution >= 4 is 12.0 Å². The largest absolute Gasteiger partial charge is 0.445 e. The molecule has 0 aromatic heterocycles. The lowest BCUT2D eigenvalue weighted by atomic mass is 10.1. The third-order valence-electron chi connectivity index (χ3n) is 3.63. The summed E-state index contributed by atoms with van der Waals surface area (Å²) in [6.45, 7) is 3.04. The molecule has 126 valence electrons. The highest BCUT2D eigenvalue weighted by Gasteiger charge is 2.30. The molecule has 1 aliphatic rings. The van der Waals surface area contributed by atoms with Crippen molar-refractivity contribution in [2.24, 2.45) is 0 Å². The second-order valence-electron chi connectivity index (χ2n) is 5.24. The van der Waals surface area contributed by atoms with Crippen molar-refractivity contribution < 1.29 is 27.5 Å². The minimum absolute atomic E-state index is 0.0391. The minimum atomic E-state index is -4.38. The van der Waals surface area contributed by atoms with Crippen molar-refractivity contribution in [3.05, 3.63) is 35.4 Å². The van der Waals surface area contributed by atoms with Crippen LogP contribution in [0, 0.1) is 0 Å². The van der Waals surface area contributed by atoms with Gasteiger partial charge in [0.25, 0.3) is 0 Å². The van der Waals surface area contributed by atoms with Gasteiger partial charge in [0, 0.05) is 33.1 Å². The van der Waals surface area contributed by atoms with Crippen LogP contribution in [0.1, 0.15) is 18.1 Å². The van der Waals surface area contributed by atoms with Gasteiger partial charge in [-0.2, -0.15) is 13.2 Å². The first kappa shape index (κ1) is 17.1. The maximum Gasteiger partial charge on any atom is 0.416 e. The van der Waals surface area contributed by atoms with Gasteiger partial charge in [0.1, 0.15) is 6.61 Å². The van der Waals surface area contributed by atoms with Crippen LogP contribution in [0.5, 0.6) is 0 Å². The van der Waals surface area contributed by atoms with E-state index in [1.165, 1.54) is 24.0 Å². The second kappa shape index (κ2) is 6.89. The molecule has 0 unspecified atom stereocenters. The average molecular weight is 330 g/mol. The molecule has 1 aliphatic heterocycles. The van der Waals surface area contributed by atoms with Crippen LogP contribution in [-0.4, -0.2) is 48.0 Å². The van der Waals surface area contributed by atoms with Gasteiger partial charge in [-0.25, -0.2) is 4.79 Å². The van der Waals surface area contributed by atoms with E-state index in [0.29, 0.717) is 31.7 Å². The van der Waals surface area contributed by atoms with Gasteiger partial charge >= 0.3 is 12.3 Å². The highest BCUT2D eigenvalue weighted by molar-refractivity contribution is 5.74. The molecule has 1 aromatic carbocycles. The van der Waals surface area contributed by atoms with Crippen LogP contribution in [0.15, 0.2) is 24.3 Å². The molecule has 5 nitrogen and oxygen atoms in total. The summed E-state index contributed by atoms with van der Waals surface area (Å²) in [5, 5.41) is 0. The number of hydrogen-bond acceptors (Lipinski definition) is 3. The van der Waals surface area contributed by atoms with Crippen molar-refractivity contribution in [1.29, 1.82) is 0 Å². The summed E-state index contributed by atoms with van der Waals surface area (Å²) in [5.41, 5.74) is -0.262. The Morgan fingerprint density at radius 1 is 1.04 bits per heavy atom. The fraction of sp³-hybridized carbons (Fsp3) is 0.467. The van der Waals surface area contributed by atoms with Crippen LogP contribution < -0.4 is 0 Å². The van der Waals surface area contributed by atoms with Crippen molar-refractivity contribution in [2.75, 3.05) is 26.2 Å². The Balaban J connectivity index is 1.82. The Hall–Kier alpha value is -2.25. The molecule has 0 spiro atoms. The molecule has 0 saturated carbocycles. The van der Waals surface area contributed by atoms with E-state index < -0.39 is 17.8 Å². The lowest BCUT2D eigenvalue weighted by molar-refractivity contribution is -0.137. The number of hydrogen-bond donors (Lipinski definition) is 0. The van der Waals surface area contributed by atoms with Gasteiger partial charge in [-0.15, -0.1) is 0 Å². The number of benzene rings is 1. The zero-order chi connectivity index (χ0) is 17.0. The van der Waals surface area contributed by atoms with E-state index in [0.717, 1.165) is 12.1 Å². The monoisotopic (exact) mass is 330 g/mol. The van der Waals surface area contributed by atoms with Crippen LogP contribution in [-0.2, 0) is 22.3 Å². The minimum Gasteiger partial charge on any atom is -0.445 e. The first-order valence-corrected chi connectivity index (χ1v) is 7.11. The maximum absolute atomic E-state index is 12.4. The lowest BCUT2D eigenvalue weighted by Gasteiger charge is -2.33. The molecular weight excluding hydrogens is 313 g/mol. The van der Waals surface area contributed by atoms with Crippen LogP contribution >= 0.6 is 0 Å². The number of ether oxygens (including phenoxy) is 1. The summed E-state index contributed by atoms with van der Waals surface area (Å²) in [5.74, 6) is -0.0391. The van der Waals surface area contributed by atoms with E-state index in [1.807, 2.05) is 0 Å². The molecule has 1 fully saturated rings. The van der Waals surface area contributed by atoms with Crippen molar-refractivity contribution in [3.63, 3.8) is 0 Å². The van der Waals surface area contributed by atoms with Gasteiger partial charge in [0.05, 0.1) is 5.56 Å². The number of halogens is 3. The van der Waals surface area contributed by atoms with Crippen molar-refractivity contribution in [2.45, 2.75) is 19.7 Å². The third-order valence-corrected chi connectivity index (χ3v) is 3.63. The summed E-state index contributed by atoms with van der Waals surface area (Å²) in [6.07, 6.45) is -4.92. The molecule has 23 heavy (non-hydrogen) atoms. The Morgan fingerprint density at radius 3 is 2.04 bits per heavy atom. The van der Waals surface area contributed by atoms with Crippen LogP contribution in [0.4, 0.5) is 18.0 Å². The molecule has 0 atom stereocenters. The van der Waals surface area contributed by atoms with E-state index >= 15 is 0 Å². The summed E-state index contributed by atoms with van der Waals surface area (Å²) in [6, 6.07) is 4.47. The first-order chi connectivity index (χ1) is 10.8. The number of rotatable bonds is 2. The van der Waals surface area contributed by atoms with Gasteiger partial charge in [0.15, 0.2) is 0 Å². The van der Waals surface area contributed by atoms with E-state index in [1.54, 1.807) is 4.90 Å². The molecule has 1 heterocycles. The summed E-state index contributed by atoms with van der Waals surface area (Å²) in [4.78, 5) is 26.2. The van der Waals surface area contributed by atoms with Crippen LogP contribution in [0.2, 0.25) is 0 Å². The number of nitrogens with zero attached hydrogens (tertiary/aromatic N) is 2. The topological polar surface area (TPSA) is 49.9 Å². The van der Waals surface area contributed by atoms with E-state index in [9.17, 15) is 22.8 Å². The summed E-state index contributed by atoms with van der Waals surface area (Å²) in [7, 11) is 0. The summed E-state index contributed by atoms with van der Waals surface area (Å²) < 4.78 is 42.4. The SMILES string of the molecule is CC(=O)N1CCN(C(=O)OCc2ccc(C(F)(F)F)cc2)CC1. The number of carbonyl (C=O) groups excluding carboxylic acids is 2. The number of alkyl halides is 3. The van der Waals surface area contributed by atoms with Crippen LogP contribution in [0.25, 0.3) is 0 Å². The number of piperazine rings is 1. The van der Waals surface area contributed by atoms with Gasteiger partial charge in [-0.1, -0.05) is 12.1 Å². The Bertz CT molecular complexity index is 564. The Kier molecular flexibility index (Phi) is 5.12. The quantitative estimate of drug-likeness (QED) is 0.837. The molecule has 1 aromatic rings. The smallest absolute Gasteiger partial charge is 0.416 e. The normalized spacial score (nSPS) is 15.5. The third kappa shape index (κ3) is 4.61. The van der Waals surface area contributed by atoms with Crippen LogP contribution in [0.3, 0.4) is 0 Å². The molecule has 1 saturated heterocycles. The fourth-order valence-corrected chi connectivity index (χ4v) is 2.23. The molecular formula is C15H17F3N2O3. The van der Waals surface area contributed by atoms with E-state index in [2.05, 4.69) is 0 Å². The highest BCUT2D eigenvalue weighted by Crippen LogP contribution is 2.29. The number of amides is 2. The molecule has 2 amide bonds. The molecule has 0 aliphatic carbocycles. The van der Waals surface area contributed by atoms with E-state index in [4.69, 9.17) is 4.74 Å². The molecule has 8 heteroatoms. The Labute approximate surface area is 131 Å². The van der Waals surface area contributed by atoms with Gasteiger partial charge in [0.2, 0.25) is 5.91 Å². The molecule has 0 N–H and O–H groups in total. The van der Waals surface area contributed by atoms with Gasteiger partial charge in [-0.3, -0.25) is 4.79 Å². The fourth-order valence-electron chi connectivity index (χ4n) is 2.23. The number of carbonyl (C=O) groups is 2. The predicted octanol–water partition coefficient (Wildman–Crippen LogP) is 2.51. The average Bonchev–Trinajstić information content (AvgIpc) is 2.52. The maximum atomic E-state index is 12.4. The zero-order valence-electron chi connectivity index (χ0n) is 12.6. The zero-order valence-corrected chi connectivity index (χ0v) is 12.6. The van der Waals surface area contributed by atoms with Gasteiger partial charge < -0.3 is 14.5 Å². The van der Waals surface area contributed by atoms with Gasteiger partial charge in [-0.05, 0) is 17.7 Å². The summed E-state index contributed by atoms with van der Waals surface area (Å²) >= 11 is 0. The molecule has 0 bridgehead atoms. The lowest BCUT2D eigenvalue weighted by Crippen LogP contribution is -2.50. The standard InChI is InChI=1S/C15H17F3N2O3/c1-11(21)19-6-8-20(9-7-19)14(22)23-10-12-2-4-13(5-3-12)15(16,17)18/h2-5H,6-10H2,1H3. The first-order valence-electron chi connectivity index (χ1n) is 7.11. The van der Waals surface area contributed by atoms with Crippen molar-refractivity contribution in [3.8, 4) is 0 Å². The second-order valence-corrected chi connectivity index (χ2v) is 5.24. The predicted molar refractivity (Wildman–Crippen MR) is 75.5 cm³/mol. The van der Waals surface area contributed by atoms with E-state index in [-0.39, 0.29) is 12.5 Å². The molecule has 0 radical (unpaired) electrons. The van der Waals surface area contributed by atoms with Crippen molar-refractivity contribution in [1.82, 2.24) is 9.80 Å².